The van der Waals surface area contributed by atoms with Gasteiger partial charge in [0.1, 0.15) is 6.61 Å². The van der Waals surface area contributed by atoms with Crippen LogP contribution < -0.4 is 0 Å². The average Bonchev–Trinajstić information content (AvgIpc) is 1.69. The van der Waals surface area contributed by atoms with Gasteiger partial charge >= 0.3 is 0 Å². The number of hydrogen-bond acceptors (Lipinski definition) is 1. The third-order valence-corrected chi connectivity index (χ3v) is 0.613. The highest BCUT2D eigenvalue weighted by Crippen LogP contribution is 1.78. The van der Waals surface area contributed by atoms with Crippen molar-refractivity contribution < 1.29 is 5.11 Å². The van der Waals surface area contributed by atoms with Crippen molar-refractivity contribution in [1.29, 1.82) is 0 Å². The zero-order valence-corrected chi connectivity index (χ0v) is 4.70. The molecule has 0 unspecified atom stereocenters. The molecule has 0 spiro atoms. The van der Waals surface area contributed by atoms with Crippen molar-refractivity contribution in [3.05, 3.63) is 0 Å². The number of aliphatic hydroxyl groups excluding tert-OH is 1. The quantitative estimate of drug-likeness (QED) is 0.395. The third-order valence-electron chi connectivity index (χ3n) is 0.424. The molecule has 0 aliphatic heterocycles. The Bertz CT molecular complexity index is 79.8. The maximum atomic E-state index is 8.08. The van der Waals surface area contributed by atoms with E-state index < -0.39 is 0 Å². The fourth-order valence-electron chi connectivity index (χ4n) is 0.192. The predicted octanol–water partition coefficient (Wildman–Crippen LogP) is 0.611. The Balaban J connectivity index is 2.91. The highest BCUT2D eigenvalue weighted by atomic mass is 35.5. The van der Waals surface area contributed by atoms with Crippen LogP contribution in [0.2, 0.25) is 0 Å². The van der Waals surface area contributed by atoms with Crippen LogP contribution in [0.3, 0.4) is 0 Å². The maximum Gasteiger partial charge on any atom is 0.104 e. The minimum Gasteiger partial charge on any atom is -0.384 e. The van der Waals surface area contributed by atoms with Gasteiger partial charge in [-0.15, -0.1) is 11.6 Å². The number of rotatable bonds is 1. The predicted molar refractivity (Wildman–Crippen MR) is 30.2 cm³/mol. The van der Waals surface area contributed by atoms with E-state index in [1.165, 1.54) is 0 Å². The lowest BCUT2D eigenvalue weighted by Crippen LogP contribution is -1.72. The number of halogens is 1. The normalized spacial score (nSPS) is 7.14. The first-order valence-electron chi connectivity index (χ1n) is 2.04. The lowest BCUT2D eigenvalue weighted by molar-refractivity contribution is 0.350. The topological polar surface area (TPSA) is 20.2 Å². The molecular formula is C5H7ClO. The van der Waals surface area contributed by atoms with Crippen molar-refractivity contribution in [2.75, 3.05) is 12.5 Å². The first-order valence-corrected chi connectivity index (χ1v) is 2.58. The largest absolute Gasteiger partial charge is 0.384 e. The summed E-state index contributed by atoms with van der Waals surface area (Å²) in [5, 5.41) is 8.08. The van der Waals surface area contributed by atoms with Crippen molar-refractivity contribution in [2.45, 2.75) is 6.42 Å². The molecule has 0 rings (SSSR count). The van der Waals surface area contributed by atoms with Crippen molar-refractivity contribution in [3.8, 4) is 11.8 Å². The molecule has 40 valence electrons. The van der Waals surface area contributed by atoms with Gasteiger partial charge < -0.3 is 5.11 Å². The summed E-state index contributed by atoms with van der Waals surface area (Å²) in [5.74, 6) is 5.67. The van der Waals surface area contributed by atoms with Gasteiger partial charge in [0.2, 0.25) is 0 Å². The van der Waals surface area contributed by atoms with Crippen molar-refractivity contribution in [3.63, 3.8) is 0 Å². The molecule has 0 radical (unpaired) electrons. The monoisotopic (exact) mass is 118 g/mol. The molecule has 0 saturated heterocycles. The van der Waals surface area contributed by atoms with Crippen LogP contribution in [0.15, 0.2) is 0 Å². The molecule has 0 aromatic heterocycles. The van der Waals surface area contributed by atoms with Gasteiger partial charge in [-0.25, -0.2) is 0 Å². The zero-order chi connectivity index (χ0) is 5.54. The van der Waals surface area contributed by atoms with Crippen LogP contribution >= 0.6 is 11.6 Å². The lowest BCUT2D eigenvalue weighted by atomic mass is 10.5. The SMILES string of the molecule is OCC#CCCCl. The smallest absolute Gasteiger partial charge is 0.104 e. The molecule has 0 fully saturated rings. The van der Waals surface area contributed by atoms with E-state index in [0.717, 1.165) is 0 Å². The molecule has 0 heterocycles. The van der Waals surface area contributed by atoms with E-state index in [-0.39, 0.29) is 6.61 Å². The Morgan fingerprint density at radius 2 is 2.14 bits per heavy atom. The fraction of sp³-hybridized carbons (Fsp3) is 0.600. The minimum atomic E-state index is -0.0586. The summed E-state index contributed by atoms with van der Waals surface area (Å²) < 4.78 is 0. The Kier molecular flexibility index (Phi) is 5.65. The molecule has 2 heteroatoms. The molecular weight excluding hydrogens is 112 g/mol. The summed E-state index contributed by atoms with van der Waals surface area (Å²) in [7, 11) is 0. The molecule has 0 aromatic rings. The molecule has 7 heavy (non-hydrogen) atoms. The Labute approximate surface area is 48.3 Å². The molecule has 0 aliphatic carbocycles. The summed E-state index contributed by atoms with van der Waals surface area (Å²) in [5.41, 5.74) is 0. The summed E-state index contributed by atoms with van der Waals surface area (Å²) >= 11 is 5.25. The third kappa shape index (κ3) is 5.81. The molecule has 0 aliphatic rings. The van der Waals surface area contributed by atoms with E-state index >= 15 is 0 Å². The van der Waals surface area contributed by atoms with Gasteiger partial charge in [-0.3, -0.25) is 0 Å². The van der Waals surface area contributed by atoms with Gasteiger partial charge in [-0.2, -0.15) is 0 Å². The lowest BCUT2D eigenvalue weighted by Gasteiger charge is -1.72. The number of hydrogen-bond donors (Lipinski definition) is 1. The van der Waals surface area contributed by atoms with E-state index in [9.17, 15) is 0 Å². The molecule has 0 aromatic carbocycles. The van der Waals surface area contributed by atoms with Crippen LogP contribution in [-0.4, -0.2) is 17.6 Å². The van der Waals surface area contributed by atoms with Crippen molar-refractivity contribution >= 4 is 11.6 Å². The summed E-state index contributed by atoms with van der Waals surface area (Å²) in [6, 6.07) is 0. The van der Waals surface area contributed by atoms with Crippen LogP contribution in [0.25, 0.3) is 0 Å². The minimum absolute atomic E-state index is 0.0586. The van der Waals surface area contributed by atoms with Crippen molar-refractivity contribution in [2.24, 2.45) is 0 Å². The molecule has 0 atom stereocenters. The van der Waals surface area contributed by atoms with Crippen molar-refractivity contribution in [1.82, 2.24) is 0 Å². The second-order valence-corrected chi connectivity index (χ2v) is 1.33. The van der Waals surface area contributed by atoms with Gasteiger partial charge in [0.15, 0.2) is 0 Å². The first-order chi connectivity index (χ1) is 3.41. The van der Waals surface area contributed by atoms with Crippen LogP contribution in [0.1, 0.15) is 6.42 Å². The van der Waals surface area contributed by atoms with E-state index in [1.807, 2.05) is 0 Å². The van der Waals surface area contributed by atoms with E-state index in [1.54, 1.807) is 0 Å². The highest BCUT2D eigenvalue weighted by molar-refractivity contribution is 6.17. The van der Waals surface area contributed by atoms with Gasteiger partial charge in [0.05, 0.1) is 0 Å². The molecule has 1 nitrogen and oxygen atoms in total. The Hall–Kier alpha value is -0.190. The molecule has 0 saturated carbocycles. The summed E-state index contributed by atoms with van der Waals surface area (Å²) in [6.07, 6.45) is 0.669. The van der Waals surface area contributed by atoms with Crippen LogP contribution in [0, 0.1) is 11.8 Å². The van der Waals surface area contributed by atoms with Crippen LogP contribution in [0.4, 0.5) is 0 Å². The standard InChI is InChI=1S/C5H7ClO/c6-4-2-1-3-5-7/h7H,2,4-5H2. The van der Waals surface area contributed by atoms with Crippen LogP contribution in [0.5, 0.6) is 0 Å². The Morgan fingerprint density at radius 1 is 1.43 bits per heavy atom. The van der Waals surface area contributed by atoms with E-state index in [2.05, 4.69) is 11.8 Å². The van der Waals surface area contributed by atoms with Gasteiger partial charge in [0.25, 0.3) is 0 Å². The zero-order valence-electron chi connectivity index (χ0n) is 3.95. The second-order valence-electron chi connectivity index (χ2n) is 0.951. The molecule has 0 bridgehead atoms. The number of alkyl halides is 1. The Morgan fingerprint density at radius 3 is 2.57 bits per heavy atom. The average molecular weight is 119 g/mol. The van der Waals surface area contributed by atoms with Gasteiger partial charge in [-0.05, 0) is 0 Å². The molecule has 0 amide bonds. The second kappa shape index (κ2) is 5.81. The molecule has 1 N–H and O–H groups in total. The first kappa shape index (κ1) is 6.81. The van der Waals surface area contributed by atoms with Gasteiger partial charge in [0, 0.05) is 12.3 Å². The summed E-state index contributed by atoms with van der Waals surface area (Å²) in [4.78, 5) is 0. The van der Waals surface area contributed by atoms with Gasteiger partial charge in [-0.1, -0.05) is 11.8 Å². The van der Waals surface area contributed by atoms with E-state index in [0.29, 0.717) is 12.3 Å². The number of aliphatic hydroxyl groups is 1. The van der Waals surface area contributed by atoms with Crippen LogP contribution in [-0.2, 0) is 0 Å². The summed E-state index contributed by atoms with van der Waals surface area (Å²) in [6.45, 7) is -0.0586. The maximum absolute atomic E-state index is 8.08. The fourth-order valence-corrected chi connectivity index (χ4v) is 0.286. The highest BCUT2D eigenvalue weighted by Gasteiger charge is 1.68. The van der Waals surface area contributed by atoms with E-state index in [4.69, 9.17) is 16.7 Å².